The Bertz CT molecular complexity index is 98.1. The third-order valence-corrected chi connectivity index (χ3v) is 0. The molecule has 3 nitrogen and oxygen atoms in total. The van der Waals surface area contributed by atoms with Gasteiger partial charge in [-0.15, -0.1) is 0 Å². The quantitative estimate of drug-likeness (QED) is 0.472. The predicted octanol–water partition coefficient (Wildman–Crippen LogP) is -0.724. The van der Waals surface area contributed by atoms with Crippen molar-refractivity contribution in [1.29, 1.82) is 0 Å². The first kappa shape index (κ1) is 15.6. The molecule has 0 aliphatic rings. The molecule has 3 radical (unpaired) electrons. The van der Waals surface area contributed by atoms with Gasteiger partial charge in [-0.05, 0) is 0 Å². The van der Waals surface area contributed by atoms with Gasteiger partial charge in [0.05, 0.1) is 6.26 Å². The van der Waals surface area contributed by atoms with Crippen molar-refractivity contribution in [3.8, 4) is 0 Å². The van der Waals surface area contributed by atoms with Crippen molar-refractivity contribution in [2.45, 2.75) is 0 Å². The third-order valence-electron chi connectivity index (χ3n) is 0. The summed E-state index contributed by atoms with van der Waals surface area (Å²) in [7, 11) is -3.67. The second-order valence-corrected chi connectivity index (χ2v) is 2.20. The Balaban J connectivity index is -0.0000000800. The van der Waals surface area contributed by atoms with E-state index in [0.717, 1.165) is 0 Å². The molecular formula is CH5BiFO3S. The van der Waals surface area contributed by atoms with Crippen molar-refractivity contribution in [2.75, 3.05) is 6.26 Å². The molecule has 0 saturated heterocycles. The summed E-state index contributed by atoms with van der Waals surface area (Å²) in [4.78, 5) is 0. The van der Waals surface area contributed by atoms with E-state index < -0.39 is 10.1 Å². The Labute approximate surface area is 60.3 Å². The van der Waals surface area contributed by atoms with Crippen molar-refractivity contribution < 1.29 is 17.7 Å². The molecule has 0 fully saturated rings. The SMILES string of the molecule is CS(=O)(=O)O.F.[Bi]. The topological polar surface area (TPSA) is 54.4 Å². The number of rotatable bonds is 0. The molecule has 0 spiro atoms. The molecule has 0 heterocycles. The zero-order chi connectivity index (χ0) is 4.50. The van der Waals surface area contributed by atoms with Gasteiger partial charge in [0, 0.05) is 26.2 Å². The van der Waals surface area contributed by atoms with Crippen LogP contribution < -0.4 is 0 Å². The fourth-order valence-corrected chi connectivity index (χ4v) is 0. The smallest absolute Gasteiger partial charge is 0.261 e. The molecule has 0 atom stereocenters. The fourth-order valence-electron chi connectivity index (χ4n) is 0. The molecule has 7 heavy (non-hydrogen) atoms. The van der Waals surface area contributed by atoms with Crippen molar-refractivity contribution in [1.82, 2.24) is 0 Å². The zero-order valence-electron chi connectivity index (χ0n) is 3.53. The van der Waals surface area contributed by atoms with E-state index in [9.17, 15) is 8.42 Å². The van der Waals surface area contributed by atoms with Crippen LogP contribution in [0.25, 0.3) is 0 Å². The summed E-state index contributed by atoms with van der Waals surface area (Å²) in [5.74, 6) is 0. The molecule has 45 valence electrons. The van der Waals surface area contributed by atoms with E-state index in [4.69, 9.17) is 4.55 Å². The molecule has 0 amide bonds. The van der Waals surface area contributed by atoms with Gasteiger partial charge in [-0.3, -0.25) is 9.26 Å². The summed E-state index contributed by atoms with van der Waals surface area (Å²) in [6, 6.07) is 0. The summed E-state index contributed by atoms with van der Waals surface area (Å²) >= 11 is 0. The molecular weight excluding hydrogens is 320 g/mol. The van der Waals surface area contributed by atoms with Crippen LogP contribution in [0.1, 0.15) is 0 Å². The molecule has 0 aliphatic carbocycles. The van der Waals surface area contributed by atoms with Crippen LogP contribution in [0.3, 0.4) is 0 Å². The van der Waals surface area contributed by atoms with Crippen molar-refractivity contribution in [3.63, 3.8) is 0 Å². The van der Waals surface area contributed by atoms with Crippen molar-refractivity contribution in [3.05, 3.63) is 0 Å². The monoisotopic (exact) mass is 325 g/mol. The van der Waals surface area contributed by atoms with Crippen LogP contribution >= 0.6 is 0 Å². The molecule has 0 aromatic carbocycles. The van der Waals surface area contributed by atoms with E-state index in [2.05, 4.69) is 0 Å². The maximum atomic E-state index is 9.19. The molecule has 0 saturated carbocycles. The first-order valence-corrected chi connectivity index (χ1v) is 2.77. The van der Waals surface area contributed by atoms with Crippen LogP contribution in [0.15, 0.2) is 0 Å². The van der Waals surface area contributed by atoms with E-state index in [0.29, 0.717) is 6.26 Å². The standard InChI is InChI=1S/CH4O3S.Bi.FH/c1-5(2,3)4;;/h1H3,(H,2,3,4);;1H. The number of hydrogen-bond donors (Lipinski definition) is 1. The summed E-state index contributed by atoms with van der Waals surface area (Å²) in [6.45, 7) is 0. The normalized spacial score (nSPS) is 8.29. The molecule has 1 N–H and O–H groups in total. The molecule has 0 aliphatic heterocycles. The van der Waals surface area contributed by atoms with Gasteiger partial charge in [0.25, 0.3) is 10.1 Å². The predicted molar refractivity (Wildman–Crippen MR) is 25.7 cm³/mol. The maximum absolute atomic E-state index is 9.19. The second-order valence-electron chi connectivity index (χ2n) is 0.733. The van der Waals surface area contributed by atoms with E-state index in [1.165, 1.54) is 0 Å². The number of hydrogen-bond acceptors (Lipinski definition) is 2. The average molecular weight is 325 g/mol. The minimum absolute atomic E-state index is 0. The summed E-state index contributed by atoms with van der Waals surface area (Å²) < 4.78 is 25.9. The summed E-state index contributed by atoms with van der Waals surface area (Å²) in [5.41, 5.74) is 0. The molecule has 0 bridgehead atoms. The minimum Gasteiger partial charge on any atom is -0.286 e. The largest absolute Gasteiger partial charge is 0.286 e. The van der Waals surface area contributed by atoms with Gasteiger partial charge in [-0.2, -0.15) is 8.42 Å². The van der Waals surface area contributed by atoms with E-state index in [1.807, 2.05) is 0 Å². The summed E-state index contributed by atoms with van der Waals surface area (Å²) in [6.07, 6.45) is 0.715. The van der Waals surface area contributed by atoms with E-state index in [-0.39, 0.29) is 30.9 Å². The molecule has 6 heteroatoms. The fraction of sp³-hybridized carbons (Fsp3) is 1.00. The molecule has 0 rings (SSSR count). The van der Waals surface area contributed by atoms with Crippen LogP contribution in [0.4, 0.5) is 4.70 Å². The van der Waals surface area contributed by atoms with E-state index >= 15 is 0 Å². The van der Waals surface area contributed by atoms with Gasteiger partial charge in [0.2, 0.25) is 0 Å². The molecule has 0 aromatic rings. The van der Waals surface area contributed by atoms with Gasteiger partial charge < -0.3 is 0 Å². The Morgan fingerprint density at radius 3 is 1.43 bits per heavy atom. The zero-order valence-corrected chi connectivity index (χ0v) is 7.82. The van der Waals surface area contributed by atoms with E-state index in [1.54, 1.807) is 0 Å². The summed E-state index contributed by atoms with van der Waals surface area (Å²) in [5, 5.41) is 0. The molecule has 0 unspecified atom stereocenters. The second kappa shape index (κ2) is 4.87. The first-order chi connectivity index (χ1) is 2.00. The Hall–Kier alpha value is 0.723. The van der Waals surface area contributed by atoms with Gasteiger partial charge in [0.15, 0.2) is 0 Å². The Morgan fingerprint density at radius 1 is 1.43 bits per heavy atom. The van der Waals surface area contributed by atoms with Crippen LogP contribution in [0.5, 0.6) is 0 Å². The van der Waals surface area contributed by atoms with Crippen LogP contribution in [-0.4, -0.2) is 45.4 Å². The van der Waals surface area contributed by atoms with Crippen molar-refractivity contribution in [2.24, 2.45) is 0 Å². The van der Waals surface area contributed by atoms with Gasteiger partial charge in [-0.1, -0.05) is 0 Å². The van der Waals surface area contributed by atoms with Crippen LogP contribution in [-0.2, 0) is 10.1 Å². The van der Waals surface area contributed by atoms with Crippen LogP contribution in [0.2, 0.25) is 0 Å². The Kier molecular flexibility index (Phi) is 10.9. The Morgan fingerprint density at radius 2 is 1.43 bits per heavy atom. The van der Waals surface area contributed by atoms with Gasteiger partial charge in [0.1, 0.15) is 0 Å². The minimum atomic E-state index is -3.67. The van der Waals surface area contributed by atoms with Gasteiger partial charge in [-0.25, -0.2) is 0 Å². The van der Waals surface area contributed by atoms with Gasteiger partial charge >= 0.3 is 0 Å². The van der Waals surface area contributed by atoms with Crippen LogP contribution in [0, 0.1) is 0 Å². The first-order valence-electron chi connectivity index (χ1n) is 0.924. The molecule has 0 aromatic heterocycles. The average Bonchev–Trinajstić information content (AvgIpc) is 0.722. The third kappa shape index (κ3) is 287. The number of halogens is 1. The maximum Gasteiger partial charge on any atom is 0.261 e. The van der Waals surface area contributed by atoms with Crippen molar-refractivity contribution >= 4 is 36.3 Å².